The molecule has 0 heterocycles. The zero-order valence-electron chi connectivity index (χ0n) is 9.51. The molecule has 5 heteroatoms. The molecule has 1 aromatic rings. The number of hydrogen-bond acceptors (Lipinski definition) is 4. The van der Waals surface area contributed by atoms with Crippen molar-refractivity contribution in [2.45, 2.75) is 12.8 Å². The molecule has 17 heavy (non-hydrogen) atoms. The number of benzene rings is 1. The van der Waals surface area contributed by atoms with E-state index >= 15 is 0 Å². The Bertz CT molecular complexity index is 400. The number of carboxylic acid groups (broad SMARTS) is 1. The van der Waals surface area contributed by atoms with Crippen LogP contribution in [0, 0.1) is 0 Å². The van der Waals surface area contributed by atoms with Crippen molar-refractivity contribution in [2.24, 2.45) is 0 Å². The lowest BCUT2D eigenvalue weighted by Gasteiger charge is -2.09. The molecule has 0 bridgehead atoms. The smallest absolute Gasteiger partial charge is 0.303 e. The highest BCUT2D eigenvalue weighted by Gasteiger charge is 2.13. The van der Waals surface area contributed by atoms with Crippen LogP contribution in [0.2, 0.25) is 0 Å². The van der Waals surface area contributed by atoms with E-state index in [0.717, 1.165) is 0 Å². The van der Waals surface area contributed by atoms with E-state index in [2.05, 4.69) is 0 Å². The normalized spacial score (nSPS) is 9.94. The van der Waals surface area contributed by atoms with Crippen LogP contribution in [0.15, 0.2) is 24.3 Å². The molecule has 92 valence electrons. The van der Waals surface area contributed by atoms with Crippen LogP contribution < -0.4 is 4.74 Å². The van der Waals surface area contributed by atoms with Crippen molar-refractivity contribution in [3.05, 3.63) is 29.8 Å². The second-order valence-electron chi connectivity index (χ2n) is 3.36. The van der Waals surface area contributed by atoms with Gasteiger partial charge in [-0.3, -0.25) is 9.59 Å². The Balaban J connectivity index is 2.74. The predicted molar refractivity (Wildman–Crippen MR) is 60.1 cm³/mol. The standard InChI is InChI=1S/C12H14O5/c1-16-8-17-11-5-3-2-4-9(11)10(13)6-7-12(14)15/h2-5H,6-8H2,1H3,(H,14,15). The summed E-state index contributed by atoms with van der Waals surface area (Å²) in [5.41, 5.74) is 0.380. The molecule has 0 saturated heterocycles. The maximum absolute atomic E-state index is 11.7. The second kappa shape index (κ2) is 6.65. The zero-order chi connectivity index (χ0) is 12.7. The number of carbonyl (C=O) groups is 2. The molecule has 0 unspecified atom stereocenters. The van der Waals surface area contributed by atoms with Crippen LogP contribution in [0.5, 0.6) is 5.75 Å². The number of carboxylic acids is 1. The highest BCUT2D eigenvalue weighted by Crippen LogP contribution is 2.20. The Morgan fingerprint density at radius 1 is 1.24 bits per heavy atom. The molecule has 1 rings (SSSR count). The van der Waals surface area contributed by atoms with Crippen molar-refractivity contribution in [1.29, 1.82) is 0 Å². The summed E-state index contributed by atoms with van der Waals surface area (Å²) in [7, 11) is 1.48. The summed E-state index contributed by atoms with van der Waals surface area (Å²) in [5, 5.41) is 8.52. The SMILES string of the molecule is COCOc1ccccc1C(=O)CCC(=O)O. The van der Waals surface area contributed by atoms with Crippen molar-refractivity contribution >= 4 is 11.8 Å². The summed E-state index contributed by atoms with van der Waals surface area (Å²) in [6.45, 7) is 0.0449. The van der Waals surface area contributed by atoms with E-state index in [1.807, 2.05) is 0 Å². The first-order chi connectivity index (χ1) is 8.15. The van der Waals surface area contributed by atoms with Crippen LogP contribution in [-0.4, -0.2) is 30.8 Å². The molecule has 0 aliphatic carbocycles. The molecule has 0 fully saturated rings. The van der Waals surface area contributed by atoms with Crippen molar-refractivity contribution in [1.82, 2.24) is 0 Å². The van der Waals surface area contributed by atoms with Gasteiger partial charge in [0.15, 0.2) is 12.6 Å². The summed E-state index contributed by atoms with van der Waals surface area (Å²) in [6.07, 6.45) is -0.222. The van der Waals surface area contributed by atoms with Crippen LogP contribution in [0.4, 0.5) is 0 Å². The van der Waals surface area contributed by atoms with Gasteiger partial charge < -0.3 is 14.6 Å². The third kappa shape index (κ3) is 4.24. The van der Waals surface area contributed by atoms with Gasteiger partial charge in [-0.25, -0.2) is 0 Å². The molecule has 0 aliphatic rings. The fraction of sp³-hybridized carbons (Fsp3) is 0.333. The Labute approximate surface area is 99.0 Å². The topological polar surface area (TPSA) is 72.8 Å². The van der Waals surface area contributed by atoms with Gasteiger partial charge in [0.2, 0.25) is 0 Å². The Morgan fingerprint density at radius 2 is 1.94 bits per heavy atom. The fourth-order valence-electron chi connectivity index (χ4n) is 1.30. The number of Topliss-reactive ketones (excluding diaryl/α,β-unsaturated/α-hetero) is 1. The van der Waals surface area contributed by atoms with E-state index in [1.54, 1.807) is 24.3 Å². The van der Waals surface area contributed by atoms with Gasteiger partial charge in [-0.1, -0.05) is 12.1 Å². The minimum absolute atomic E-state index is 0.0390. The lowest BCUT2D eigenvalue weighted by atomic mass is 10.1. The quantitative estimate of drug-likeness (QED) is 0.578. The molecule has 0 aromatic heterocycles. The summed E-state index contributed by atoms with van der Waals surface area (Å²) in [6, 6.07) is 6.69. The molecule has 0 amide bonds. The number of ketones is 1. The van der Waals surface area contributed by atoms with Crippen LogP contribution in [0.1, 0.15) is 23.2 Å². The third-order valence-corrected chi connectivity index (χ3v) is 2.09. The van der Waals surface area contributed by atoms with Crippen molar-refractivity contribution in [3.8, 4) is 5.75 Å². The highest BCUT2D eigenvalue weighted by molar-refractivity contribution is 5.99. The third-order valence-electron chi connectivity index (χ3n) is 2.09. The number of methoxy groups -OCH3 is 1. The molecule has 1 N–H and O–H groups in total. The molecule has 0 spiro atoms. The Morgan fingerprint density at radius 3 is 2.59 bits per heavy atom. The van der Waals surface area contributed by atoms with Crippen molar-refractivity contribution in [3.63, 3.8) is 0 Å². The minimum Gasteiger partial charge on any atom is -0.481 e. The van der Waals surface area contributed by atoms with Crippen LogP contribution in [0.3, 0.4) is 0 Å². The molecule has 0 radical (unpaired) electrons. The number of para-hydroxylation sites is 1. The van der Waals surface area contributed by atoms with Gasteiger partial charge in [0, 0.05) is 13.5 Å². The molecular formula is C12H14O5. The average molecular weight is 238 g/mol. The maximum atomic E-state index is 11.7. The fourth-order valence-corrected chi connectivity index (χ4v) is 1.30. The number of carbonyl (C=O) groups excluding carboxylic acids is 1. The lowest BCUT2D eigenvalue weighted by molar-refractivity contribution is -0.136. The van der Waals surface area contributed by atoms with Crippen molar-refractivity contribution in [2.75, 3.05) is 13.9 Å². The van der Waals surface area contributed by atoms with E-state index in [9.17, 15) is 9.59 Å². The number of ether oxygens (including phenoxy) is 2. The summed E-state index contributed by atoms with van der Waals surface area (Å²) >= 11 is 0. The van der Waals surface area contributed by atoms with Gasteiger partial charge >= 0.3 is 5.97 Å². The molecular weight excluding hydrogens is 224 g/mol. The van der Waals surface area contributed by atoms with E-state index in [4.69, 9.17) is 14.6 Å². The number of hydrogen-bond donors (Lipinski definition) is 1. The first-order valence-electron chi connectivity index (χ1n) is 5.11. The van der Waals surface area contributed by atoms with Crippen LogP contribution in [0.25, 0.3) is 0 Å². The number of aliphatic carboxylic acids is 1. The molecule has 0 atom stereocenters. The van der Waals surface area contributed by atoms with Gasteiger partial charge in [-0.15, -0.1) is 0 Å². The summed E-state index contributed by atoms with van der Waals surface area (Å²) in [4.78, 5) is 22.1. The summed E-state index contributed by atoms with van der Waals surface area (Å²) in [5.74, 6) is -0.836. The Kier molecular flexibility index (Phi) is 5.16. The van der Waals surface area contributed by atoms with E-state index in [1.165, 1.54) is 7.11 Å². The molecule has 5 nitrogen and oxygen atoms in total. The zero-order valence-corrected chi connectivity index (χ0v) is 9.51. The Hall–Kier alpha value is -1.88. The van der Waals surface area contributed by atoms with E-state index in [0.29, 0.717) is 11.3 Å². The van der Waals surface area contributed by atoms with Gasteiger partial charge in [-0.05, 0) is 12.1 Å². The predicted octanol–water partition coefficient (Wildman–Crippen LogP) is 1.72. The van der Waals surface area contributed by atoms with Gasteiger partial charge in [0.1, 0.15) is 5.75 Å². The van der Waals surface area contributed by atoms with Gasteiger partial charge in [0.25, 0.3) is 0 Å². The van der Waals surface area contributed by atoms with Crippen molar-refractivity contribution < 1.29 is 24.2 Å². The van der Waals surface area contributed by atoms with Crippen LogP contribution in [-0.2, 0) is 9.53 Å². The lowest BCUT2D eigenvalue weighted by Crippen LogP contribution is -2.07. The van der Waals surface area contributed by atoms with Gasteiger partial charge in [0.05, 0.1) is 12.0 Å². The average Bonchev–Trinajstić information content (AvgIpc) is 2.33. The first kappa shape index (κ1) is 13.2. The van der Waals surface area contributed by atoms with Crippen LogP contribution >= 0.6 is 0 Å². The largest absolute Gasteiger partial charge is 0.481 e. The molecule has 0 saturated carbocycles. The molecule has 1 aromatic carbocycles. The maximum Gasteiger partial charge on any atom is 0.303 e. The molecule has 0 aliphatic heterocycles. The van der Waals surface area contributed by atoms with E-state index in [-0.39, 0.29) is 25.4 Å². The first-order valence-corrected chi connectivity index (χ1v) is 5.11. The highest BCUT2D eigenvalue weighted by atomic mass is 16.7. The monoisotopic (exact) mass is 238 g/mol. The number of rotatable bonds is 7. The minimum atomic E-state index is -0.992. The second-order valence-corrected chi connectivity index (χ2v) is 3.36. The summed E-state index contributed by atoms with van der Waals surface area (Å²) < 4.78 is 9.97. The van der Waals surface area contributed by atoms with E-state index < -0.39 is 5.97 Å². The van der Waals surface area contributed by atoms with Gasteiger partial charge in [-0.2, -0.15) is 0 Å².